The molecular weight excluding hydrogens is 248 g/mol. The van der Waals surface area contributed by atoms with Crippen molar-refractivity contribution in [2.45, 2.75) is 57.2 Å². The quantitative estimate of drug-likeness (QED) is 0.816. The third kappa shape index (κ3) is 3.25. The van der Waals surface area contributed by atoms with Crippen LogP contribution in [-0.4, -0.2) is 32.8 Å². The van der Waals surface area contributed by atoms with Crippen LogP contribution in [0.15, 0.2) is 0 Å². The zero-order valence-corrected chi connectivity index (χ0v) is 12.3. The van der Waals surface area contributed by atoms with Gasteiger partial charge in [0.2, 0.25) is 10.0 Å². The average molecular weight is 274 g/mol. The molecule has 0 amide bonds. The first-order valence-electron chi connectivity index (χ1n) is 7.22. The predicted molar refractivity (Wildman–Crippen MR) is 73.9 cm³/mol. The Labute approximate surface area is 111 Å². The molecule has 1 heterocycles. The lowest BCUT2D eigenvalue weighted by molar-refractivity contribution is 0.226. The van der Waals surface area contributed by atoms with E-state index in [0.29, 0.717) is 18.4 Å². The van der Waals surface area contributed by atoms with Crippen LogP contribution in [-0.2, 0) is 10.0 Å². The number of nitrogens with one attached hydrogen (secondary N) is 2. The molecule has 0 radical (unpaired) electrons. The summed E-state index contributed by atoms with van der Waals surface area (Å²) in [5.74, 6) is 1.06. The Kier molecular flexibility index (Phi) is 4.67. The Morgan fingerprint density at radius 2 is 1.89 bits per heavy atom. The highest BCUT2D eigenvalue weighted by molar-refractivity contribution is 7.90. The molecule has 0 aromatic rings. The average Bonchev–Trinajstić information content (AvgIpc) is 2.83. The monoisotopic (exact) mass is 274 g/mol. The summed E-state index contributed by atoms with van der Waals surface area (Å²) >= 11 is 0. The fourth-order valence-corrected chi connectivity index (χ4v) is 4.98. The van der Waals surface area contributed by atoms with E-state index in [4.69, 9.17) is 0 Å². The fraction of sp³-hybridized carbons (Fsp3) is 1.00. The minimum atomic E-state index is -3.14. The molecule has 0 aromatic heterocycles. The maximum atomic E-state index is 12.3. The third-order valence-electron chi connectivity index (χ3n) is 4.45. The molecule has 4 nitrogen and oxygen atoms in total. The van der Waals surface area contributed by atoms with Gasteiger partial charge in [-0.05, 0) is 37.6 Å². The van der Waals surface area contributed by atoms with E-state index >= 15 is 0 Å². The van der Waals surface area contributed by atoms with Crippen LogP contribution in [0.2, 0.25) is 0 Å². The van der Waals surface area contributed by atoms with Crippen molar-refractivity contribution in [1.82, 2.24) is 10.0 Å². The summed E-state index contributed by atoms with van der Waals surface area (Å²) in [6.45, 7) is 5.83. The molecule has 0 aromatic carbocycles. The normalized spacial score (nSPS) is 34.1. The van der Waals surface area contributed by atoms with Gasteiger partial charge in [-0.2, -0.15) is 0 Å². The molecule has 2 aliphatic rings. The standard InChI is InChI=1S/C13H26N2O2S/c1-10(2)12-5-3-4-6-13(12)15-18(16,17)11-7-8-14-9-11/h10-15H,3-9H2,1-2H3. The van der Waals surface area contributed by atoms with Crippen LogP contribution >= 0.6 is 0 Å². The highest BCUT2D eigenvalue weighted by atomic mass is 32.2. The zero-order chi connectivity index (χ0) is 13.2. The molecule has 1 saturated carbocycles. The summed E-state index contributed by atoms with van der Waals surface area (Å²) in [5.41, 5.74) is 0. The van der Waals surface area contributed by atoms with Crippen LogP contribution < -0.4 is 10.0 Å². The molecule has 1 aliphatic carbocycles. The number of rotatable bonds is 4. The maximum absolute atomic E-state index is 12.3. The Hall–Kier alpha value is -0.130. The predicted octanol–water partition coefficient (Wildman–Crippen LogP) is 1.48. The van der Waals surface area contributed by atoms with Gasteiger partial charge in [-0.3, -0.25) is 0 Å². The van der Waals surface area contributed by atoms with Crippen LogP contribution in [0.4, 0.5) is 0 Å². The van der Waals surface area contributed by atoms with Gasteiger partial charge in [0.05, 0.1) is 5.25 Å². The molecule has 3 atom stereocenters. The number of hydrogen-bond acceptors (Lipinski definition) is 3. The summed E-state index contributed by atoms with van der Waals surface area (Å²) in [5, 5.41) is 2.90. The first-order valence-corrected chi connectivity index (χ1v) is 8.77. The topological polar surface area (TPSA) is 58.2 Å². The van der Waals surface area contributed by atoms with Gasteiger partial charge in [0.25, 0.3) is 0 Å². The minimum Gasteiger partial charge on any atom is -0.315 e. The van der Waals surface area contributed by atoms with Crippen LogP contribution in [0.5, 0.6) is 0 Å². The molecule has 106 valence electrons. The van der Waals surface area contributed by atoms with Crippen LogP contribution in [0.3, 0.4) is 0 Å². The summed E-state index contributed by atoms with van der Waals surface area (Å²) in [6.07, 6.45) is 5.30. The van der Waals surface area contributed by atoms with Crippen molar-refractivity contribution in [2.75, 3.05) is 13.1 Å². The summed E-state index contributed by atoms with van der Waals surface area (Å²) in [4.78, 5) is 0. The largest absolute Gasteiger partial charge is 0.315 e. The Morgan fingerprint density at radius 1 is 1.17 bits per heavy atom. The lowest BCUT2D eigenvalue weighted by Gasteiger charge is -2.35. The van der Waals surface area contributed by atoms with E-state index in [0.717, 1.165) is 32.2 Å². The SMILES string of the molecule is CC(C)C1CCCCC1NS(=O)(=O)C1CCNC1. The molecular formula is C13H26N2O2S. The van der Waals surface area contributed by atoms with Crippen LogP contribution in [0.1, 0.15) is 46.0 Å². The Balaban J connectivity index is 2.01. The van der Waals surface area contributed by atoms with Crippen molar-refractivity contribution in [3.63, 3.8) is 0 Å². The van der Waals surface area contributed by atoms with Crippen molar-refractivity contribution >= 4 is 10.0 Å². The summed E-state index contributed by atoms with van der Waals surface area (Å²) in [6, 6.07) is 0.157. The Morgan fingerprint density at radius 3 is 2.50 bits per heavy atom. The number of hydrogen-bond donors (Lipinski definition) is 2. The molecule has 0 bridgehead atoms. The summed E-state index contributed by atoms with van der Waals surface area (Å²) < 4.78 is 27.6. The van der Waals surface area contributed by atoms with Crippen molar-refractivity contribution in [1.29, 1.82) is 0 Å². The van der Waals surface area contributed by atoms with E-state index in [2.05, 4.69) is 23.9 Å². The van der Waals surface area contributed by atoms with E-state index in [1.165, 1.54) is 6.42 Å². The lowest BCUT2D eigenvalue weighted by Crippen LogP contribution is -2.47. The molecule has 5 heteroatoms. The molecule has 18 heavy (non-hydrogen) atoms. The Bertz CT molecular complexity index is 361. The van der Waals surface area contributed by atoms with E-state index in [1.54, 1.807) is 0 Å². The molecule has 2 rings (SSSR count). The highest BCUT2D eigenvalue weighted by Crippen LogP contribution is 2.31. The number of sulfonamides is 1. The van der Waals surface area contributed by atoms with Crippen LogP contribution in [0, 0.1) is 11.8 Å². The van der Waals surface area contributed by atoms with Gasteiger partial charge in [0, 0.05) is 12.6 Å². The van der Waals surface area contributed by atoms with E-state index in [-0.39, 0.29) is 11.3 Å². The lowest BCUT2D eigenvalue weighted by atomic mass is 9.78. The van der Waals surface area contributed by atoms with E-state index in [1.807, 2.05) is 0 Å². The molecule has 3 unspecified atom stereocenters. The maximum Gasteiger partial charge on any atom is 0.216 e. The van der Waals surface area contributed by atoms with Crippen molar-refractivity contribution in [3.05, 3.63) is 0 Å². The second-order valence-corrected chi connectivity index (χ2v) is 8.07. The van der Waals surface area contributed by atoms with Gasteiger partial charge in [-0.15, -0.1) is 0 Å². The first kappa shape index (κ1) is 14.3. The first-order chi connectivity index (χ1) is 8.50. The smallest absolute Gasteiger partial charge is 0.216 e. The van der Waals surface area contributed by atoms with Crippen LogP contribution in [0.25, 0.3) is 0 Å². The molecule has 2 fully saturated rings. The van der Waals surface area contributed by atoms with Crippen molar-refractivity contribution in [3.8, 4) is 0 Å². The van der Waals surface area contributed by atoms with Gasteiger partial charge in [-0.25, -0.2) is 13.1 Å². The second-order valence-electron chi connectivity index (χ2n) is 6.08. The van der Waals surface area contributed by atoms with Crippen molar-refractivity contribution < 1.29 is 8.42 Å². The summed E-state index contributed by atoms with van der Waals surface area (Å²) in [7, 11) is -3.14. The highest BCUT2D eigenvalue weighted by Gasteiger charge is 2.35. The van der Waals surface area contributed by atoms with Crippen molar-refractivity contribution in [2.24, 2.45) is 11.8 Å². The fourth-order valence-electron chi connectivity index (χ4n) is 3.30. The third-order valence-corrected chi connectivity index (χ3v) is 6.36. The molecule has 1 aliphatic heterocycles. The zero-order valence-electron chi connectivity index (χ0n) is 11.5. The van der Waals surface area contributed by atoms with Gasteiger partial charge in [0.1, 0.15) is 0 Å². The molecule has 2 N–H and O–H groups in total. The van der Waals surface area contributed by atoms with Gasteiger partial charge < -0.3 is 5.32 Å². The molecule has 0 spiro atoms. The minimum absolute atomic E-state index is 0.157. The second kappa shape index (κ2) is 5.88. The van der Waals surface area contributed by atoms with Gasteiger partial charge in [-0.1, -0.05) is 26.7 Å². The van der Waals surface area contributed by atoms with Gasteiger partial charge >= 0.3 is 0 Å². The van der Waals surface area contributed by atoms with E-state index in [9.17, 15) is 8.42 Å². The van der Waals surface area contributed by atoms with Gasteiger partial charge in [0.15, 0.2) is 0 Å². The van der Waals surface area contributed by atoms with E-state index < -0.39 is 10.0 Å². The molecule has 1 saturated heterocycles.